The number of hydrogen-bond acceptors (Lipinski definition) is 3. The van der Waals surface area contributed by atoms with Gasteiger partial charge in [-0.2, -0.15) is 0 Å². The van der Waals surface area contributed by atoms with Crippen molar-refractivity contribution in [2.45, 2.75) is 18.9 Å². The second-order valence-electron chi connectivity index (χ2n) is 6.16. The summed E-state index contributed by atoms with van der Waals surface area (Å²) in [6.45, 7) is 0. The molecule has 124 valence electrons. The van der Waals surface area contributed by atoms with E-state index in [9.17, 15) is 9.59 Å². The van der Waals surface area contributed by atoms with Gasteiger partial charge in [0.05, 0.1) is 6.04 Å². The first-order valence-electron chi connectivity index (χ1n) is 8.24. The van der Waals surface area contributed by atoms with Crippen LogP contribution >= 0.6 is 0 Å². The highest BCUT2D eigenvalue weighted by Gasteiger charge is 2.22. The van der Waals surface area contributed by atoms with Crippen molar-refractivity contribution in [3.05, 3.63) is 72.1 Å². The molecule has 2 amide bonds. The molecule has 3 aromatic rings. The first-order valence-corrected chi connectivity index (χ1v) is 8.24. The first kappa shape index (κ1) is 15.3. The molecule has 2 aromatic carbocycles. The fourth-order valence-electron chi connectivity index (χ4n) is 3.10. The molecule has 0 saturated carbocycles. The lowest BCUT2D eigenvalue weighted by molar-refractivity contribution is -0.119. The number of hydrogen-bond donors (Lipinski definition) is 2. The Labute approximate surface area is 145 Å². The minimum Gasteiger partial charge on any atom is -0.349 e. The van der Waals surface area contributed by atoms with Crippen LogP contribution in [0.15, 0.2) is 60.8 Å². The lowest BCUT2D eigenvalue weighted by Crippen LogP contribution is -2.18. The van der Waals surface area contributed by atoms with E-state index in [1.165, 1.54) is 0 Å². The highest BCUT2D eigenvalue weighted by Crippen LogP contribution is 2.26. The fraction of sp³-hybridized carbons (Fsp3) is 0.150. The Bertz CT molecular complexity index is 968. The Morgan fingerprint density at radius 2 is 1.92 bits per heavy atom. The van der Waals surface area contributed by atoms with E-state index in [2.05, 4.69) is 15.6 Å². The Kier molecular flexibility index (Phi) is 3.90. The molecule has 4 rings (SSSR count). The van der Waals surface area contributed by atoms with E-state index in [4.69, 9.17) is 0 Å². The van der Waals surface area contributed by atoms with E-state index in [-0.39, 0.29) is 17.9 Å². The standard InChI is InChI=1S/C20H17N3O2/c24-19-9-8-17(23-19)14-6-3-7-16(10-14)22-20(25)18-11-13-4-1-2-5-15(13)12-21-18/h1-7,10-12,17H,8-9H2,(H,22,25)(H,23,24). The summed E-state index contributed by atoms with van der Waals surface area (Å²) in [5.41, 5.74) is 2.06. The minimum atomic E-state index is -0.252. The van der Waals surface area contributed by atoms with Gasteiger partial charge in [-0.05, 0) is 35.6 Å². The highest BCUT2D eigenvalue weighted by atomic mass is 16.2. The Balaban J connectivity index is 1.54. The summed E-state index contributed by atoms with van der Waals surface area (Å²) >= 11 is 0. The second-order valence-corrected chi connectivity index (χ2v) is 6.16. The van der Waals surface area contributed by atoms with Crippen molar-refractivity contribution in [2.75, 3.05) is 5.32 Å². The maximum Gasteiger partial charge on any atom is 0.274 e. The van der Waals surface area contributed by atoms with E-state index in [1.807, 2.05) is 48.5 Å². The summed E-state index contributed by atoms with van der Waals surface area (Å²) in [5.74, 6) is -0.182. The topological polar surface area (TPSA) is 71.1 Å². The third-order valence-corrected chi connectivity index (χ3v) is 4.41. The summed E-state index contributed by atoms with van der Waals surface area (Å²) in [7, 11) is 0. The SMILES string of the molecule is O=C1CCC(c2cccc(NC(=O)c3cc4ccccc4cn3)c2)N1. The number of benzene rings is 2. The summed E-state index contributed by atoms with van der Waals surface area (Å²) in [4.78, 5) is 28.1. The number of carbonyl (C=O) groups excluding carboxylic acids is 2. The molecule has 1 fully saturated rings. The van der Waals surface area contributed by atoms with E-state index >= 15 is 0 Å². The van der Waals surface area contributed by atoms with Crippen LogP contribution in [0.1, 0.15) is 34.9 Å². The molecule has 2 heterocycles. The van der Waals surface area contributed by atoms with Crippen molar-refractivity contribution < 1.29 is 9.59 Å². The molecule has 1 atom stereocenters. The van der Waals surface area contributed by atoms with Gasteiger partial charge in [-0.1, -0.05) is 36.4 Å². The fourth-order valence-corrected chi connectivity index (χ4v) is 3.10. The summed E-state index contributed by atoms with van der Waals surface area (Å²) in [6.07, 6.45) is 3.03. The molecule has 0 aliphatic carbocycles. The van der Waals surface area contributed by atoms with Gasteiger partial charge in [-0.3, -0.25) is 14.6 Å². The first-order chi connectivity index (χ1) is 12.2. The molecular formula is C20H17N3O2. The van der Waals surface area contributed by atoms with Gasteiger partial charge in [0.2, 0.25) is 5.91 Å². The van der Waals surface area contributed by atoms with Gasteiger partial charge in [0.15, 0.2) is 0 Å². The molecule has 1 aromatic heterocycles. The van der Waals surface area contributed by atoms with Crippen molar-refractivity contribution in [3.63, 3.8) is 0 Å². The molecule has 1 aliphatic rings. The molecule has 1 unspecified atom stereocenters. The zero-order chi connectivity index (χ0) is 17.2. The third kappa shape index (κ3) is 3.21. The Hall–Kier alpha value is -3.21. The smallest absolute Gasteiger partial charge is 0.274 e. The van der Waals surface area contributed by atoms with E-state index in [0.29, 0.717) is 17.8 Å². The van der Waals surface area contributed by atoms with Crippen LogP contribution in [0, 0.1) is 0 Å². The Morgan fingerprint density at radius 1 is 1.08 bits per heavy atom. The van der Waals surface area contributed by atoms with Crippen LogP contribution in [0.2, 0.25) is 0 Å². The summed E-state index contributed by atoms with van der Waals surface area (Å²) in [5, 5.41) is 7.80. The second kappa shape index (κ2) is 6.36. The molecule has 1 saturated heterocycles. The quantitative estimate of drug-likeness (QED) is 0.772. The molecule has 5 heteroatoms. The highest BCUT2D eigenvalue weighted by molar-refractivity contribution is 6.04. The molecule has 5 nitrogen and oxygen atoms in total. The van der Waals surface area contributed by atoms with Gasteiger partial charge in [0.1, 0.15) is 5.69 Å². The lowest BCUT2D eigenvalue weighted by atomic mass is 10.0. The van der Waals surface area contributed by atoms with E-state index in [0.717, 1.165) is 22.8 Å². The van der Waals surface area contributed by atoms with Crippen LogP contribution in [-0.4, -0.2) is 16.8 Å². The molecule has 0 spiro atoms. The van der Waals surface area contributed by atoms with Gasteiger partial charge in [0, 0.05) is 23.7 Å². The molecule has 25 heavy (non-hydrogen) atoms. The van der Waals surface area contributed by atoms with Crippen LogP contribution in [0.25, 0.3) is 10.8 Å². The number of nitrogens with zero attached hydrogens (tertiary/aromatic N) is 1. The molecule has 0 radical (unpaired) electrons. The predicted octanol–water partition coefficient (Wildman–Crippen LogP) is 3.44. The lowest BCUT2D eigenvalue weighted by Gasteiger charge is -2.12. The number of nitrogens with one attached hydrogen (secondary N) is 2. The van der Waals surface area contributed by atoms with Crippen molar-refractivity contribution in [3.8, 4) is 0 Å². The molecule has 0 bridgehead atoms. The predicted molar refractivity (Wildman–Crippen MR) is 96.3 cm³/mol. The van der Waals surface area contributed by atoms with Gasteiger partial charge in [-0.25, -0.2) is 0 Å². The zero-order valence-corrected chi connectivity index (χ0v) is 13.5. The van der Waals surface area contributed by atoms with E-state index in [1.54, 1.807) is 12.3 Å². The average Bonchev–Trinajstić information content (AvgIpc) is 3.08. The largest absolute Gasteiger partial charge is 0.349 e. The number of pyridine rings is 1. The summed E-state index contributed by atoms with van der Waals surface area (Å²) < 4.78 is 0. The molecule has 2 N–H and O–H groups in total. The average molecular weight is 331 g/mol. The van der Waals surface area contributed by atoms with Crippen LogP contribution < -0.4 is 10.6 Å². The van der Waals surface area contributed by atoms with Crippen molar-refractivity contribution in [1.29, 1.82) is 0 Å². The van der Waals surface area contributed by atoms with Gasteiger partial charge >= 0.3 is 0 Å². The molecular weight excluding hydrogens is 314 g/mol. The van der Waals surface area contributed by atoms with Crippen molar-refractivity contribution in [1.82, 2.24) is 10.3 Å². The zero-order valence-electron chi connectivity index (χ0n) is 13.5. The van der Waals surface area contributed by atoms with Crippen molar-refractivity contribution >= 4 is 28.3 Å². The normalized spacial score (nSPS) is 16.6. The maximum absolute atomic E-state index is 12.5. The maximum atomic E-state index is 12.5. The number of anilines is 1. The van der Waals surface area contributed by atoms with Crippen molar-refractivity contribution in [2.24, 2.45) is 0 Å². The van der Waals surface area contributed by atoms with Gasteiger partial charge < -0.3 is 10.6 Å². The van der Waals surface area contributed by atoms with Crippen LogP contribution in [-0.2, 0) is 4.79 Å². The number of rotatable bonds is 3. The van der Waals surface area contributed by atoms with E-state index < -0.39 is 0 Å². The Morgan fingerprint density at radius 3 is 2.72 bits per heavy atom. The minimum absolute atomic E-state index is 0.0168. The third-order valence-electron chi connectivity index (χ3n) is 4.41. The molecule has 1 aliphatic heterocycles. The number of amides is 2. The number of carbonyl (C=O) groups is 2. The van der Waals surface area contributed by atoms with Gasteiger partial charge in [0.25, 0.3) is 5.91 Å². The summed E-state index contributed by atoms with van der Waals surface area (Å²) in [6, 6.07) is 17.2. The number of aromatic nitrogens is 1. The number of fused-ring (bicyclic) bond motifs is 1. The van der Waals surface area contributed by atoms with Crippen LogP contribution in [0.4, 0.5) is 5.69 Å². The monoisotopic (exact) mass is 331 g/mol. The van der Waals surface area contributed by atoms with Crippen LogP contribution in [0.5, 0.6) is 0 Å². The van der Waals surface area contributed by atoms with Crippen LogP contribution in [0.3, 0.4) is 0 Å². The van der Waals surface area contributed by atoms with Gasteiger partial charge in [-0.15, -0.1) is 0 Å².